The zero-order chi connectivity index (χ0) is 15.4. The van der Waals surface area contributed by atoms with Crippen LogP contribution in [0.3, 0.4) is 0 Å². The minimum Gasteiger partial charge on any atom is -0.489 e. The Kier molecular flexibility index (Phi) is 4.49. The summed E-state index contributed by atoms with van der Waals surface area (Å²) in [5, 5.41) is 20.4. The van der Waals surface area contributed by atoms with E-state index in [4.69, 9.17) is 4.74 Å². The lowest BCUT2D eigenvalue weighted by molar-refractivity contribution is -0.385. The molecule has 21 heavy (non-hydrogen) atoms. The van der Waals surface area contributed by atoms with Gasteiger partial charge in [0, 0.05) is 17.7 Å². The van der Waals surface area contributed by atoms with Gasteiger partial charge in [0.05, 0.1) is 11.0 Å². The zero-order valence-electron chi connectivity index (χ0n) is 11.3. The van der Waals surface area contributed by atoms with E-state index in [0.717, 1.165) is 0 Å². The Hall–Kier alpha value is -2.47. The molecule has 0 aliphatic carbocycles. The molecule has 5 nitrogen and oxygen atoms in total. The van der Waals surface area contributed by atoms with Crippen molar-refractivity contribution in [2.45, 2.75) is 19.6 Å². The smallest absolute Gasteiger partial charge is 0.270 e. The topological polar surface area (TPSA) is 72.6 Å². The van der Waals surface area contributed by atoms with Gasteiger partial charge in [-0.25, -0.2) is 4.39 Å². The third-order valence-electron chi connectivity index (χ3n) is 2.94. The molecule has 2 rings (SSSR count). The maximum absolute atomic E-state index is 13.1. The van der Waals surface area contributed by atoms with E-state index in [2.05, 4.69) is 0 Å². The second-order valence-electron chi connectivity index (χ2n) is 4.57. The van der Waals surface area contributed by atoms with Crippen molar-refractivity contribution in [2.24, 2.45) is 0 Å². The summed E-state index contributed by atoms with van der Waals surface area (Å²) in [6, 6.07) is 9.94. The number of ether oxygens (including phenoxy) is 1. The summed E-state index contributed by atoms with van der Waals surface area (Å²) in [5.74, 6) is -0.0320. The molecule has 2 aromatic carbocycles. The van der Waals surface area contributed by atoms with Gasteiger partial charge in [0.25, 0.3) is 5.69 Å². The highest BCUT2D eigenvalue weighted by atomic mass is 19.1. The Morgan fingerprint density at radius 1 is 1.33 bits per heavy atom. The first-order valence-electron chi connectivity index (χ1n) is 6.31. The number of halogens is 1. The van der Waals surface area contributed by atoms with Crippen LogP contribution in [-0.2, 0) is 6.61 Å². The van der Waals surface area contributed by atoms with Gasteiger partial charge in [0.15, 0.2) is 0 Å². The van der Waals surface area contributed by atoms with Gasteiger partial charge in [-0.2, -0.15) is 0 Å². The van der Waals surface area contributed by atoms with E-state index in [0.29, 0.717) is 16.9 Å². The fourth-order valence-corrected chi connectivity index (χ4v) is 1.90. The maximum Gasteiger partial charge on any atom is 0.270 e. The number of non-ortho nitro benzene ring substituents is 1. The highest BCUT2D eigenvalue weighted by Gasteiger charge is 2.15. The minimum absolute atomic E-state index is 0.106. The molecule has 0 aromatic heterocycles. The molecule has 6 heteroatoms. The van der Waals surface area contributed by atoms with Crippen LogP contribution in [0.2, 0.25) is 0 Å². The van der Waals surface area contributed by atoms with Crippen molar-refractivity contribution in [3.05, 3.63) is 69.5 Å². The number of nitrogens with zero attached hydrogens (tertiary/aromatic N) is 1. The van der Waals surface area contributed by atoms with Crippen molar-refractivity contribution in [1.82, 2.24) is 0 Å². The van der Waals surface area contributed by atoms with Crippen LogP contribution in [0.4, 0.5) is 10.1 Å². The first-order chi connectivity index (χ1) is 9.97. The Bertz CT molecular complexity index is 658. The first-order valence-corrected chi connectivity index (χ1v) is 6.31. The Morgan fingerprint density at radius 2 is 2.10 bits per heavy atom. The van der Waals surface area contributed by atoms with Gasteiger partial charge in [-0.3, -0.25) is 10.1 Å². The molecule has 0 radical (unpaired) electrons. The van der Waals surface area contributed by atoms with Crippen LogP contribution in [0.1, 0.15) is 24.2 Å². The van der Waals surface area contributed by atoms with Gasteiger partial charge in [0.1, 0.15) is 18.2 Å². The number of rotatable bonds is 5. The summed E-state index contributed by atoms with van der Waals surface area (Å²) in [5.41, 5.74) is 0.828. The predicted molar refractivity (Wildman–Crippen MR) is 74.5 cm³/mol. The molecule has 1 N–H and O–H groups in total. The van der Waals surface area contributed by atoms with Crippen molar-refractivity contribution >= 4 is 5.69 Å². The van der Waals surface area contributed by atoms with Crippen LogP contribution >= 0.6 is 0 Å². The largest absolute Gasteiger partial charge is 0.489 e. The molecule has 0 heterocycles. The Morgan fingerprint density at radius 3 is 2.71 bits per heavy atom. The summed E-state index contributed by atoms with van der Waals surface area (Å²) >= 11 is 0. The number of nitro groups is 1. The van der Waals surface area contributed by atoms with E-state index in [9.17, 15) is 19.6 Å². The molecule has 110 valence electrons. The number of nitro benzene ring substituents is 1. The van der Waals surface area contributed by atoms with Gasteiger partial charge in [-0.15, -0.1) is 0 Å². The predicted octanol–water partition coefficient (Wildman–Crippen LogP) is 3.37. The number of benzene rings is 2. The summed E-state index contributed by atoms with van der Waals surface area (Å²) in [7, 11) is 0. The van der Waals surface area contributed by atoms with Gasteiger partial charge in [-0.05, 0) is 30.7 Å². The van der Waals surface area contributed by atoms with E-state index >= 15 is 0 Å². The third-order valence-corrected chi connectivity index (χ3v) is 2.94. The van der Waals surface area contributed by atoms with E-state index in [1.807, 2.05) is 0 Å². The van der Waals surface area contributed by atoms with Gasteiger partial charge in [-0.1, -0.05) is 12.1 Å². The molecule has 0 unspecified atom stereocenters. The van der Waals surface area contributed by atoms with Crippen molar-refractivity contribution < 1.29 is 19.2 Å². The number of hydrogen-bond donors (Lipinski definition) is 1. The van der Waals surface area contributed by atoms with Crippen LogP contribution in [-0.4, -0.2) is 10.0 Å². The van der Waals surface area contributed by atoms with E-state index in [1.165, 1.54) is 37.3 Å². The summed E-state index contributed by atoms with van der Waals surface area (Å²) in [6.45, 7) is 1.60. The van der Waals surface area contributed by atoms with Gasteiger partial charge in [0.2, 0.25) is 0 Å². The second-order valence-corrected chi connectivity index (χ2v) is 4.57. The average Bonchev–Trinajstić information content (AvgIpc) is 2.44. The van der Waals surface area contributed by atoms with Crippen molar-refractivity contribution in [2.75, 3.05) is 0 Å². The molecule has 0 saturated carbocycles. The lowest BCUT2D eigenvalue weighted by Gasteiger charge is -2.13. The first kappa shape index (κ1) is 14.9. The van der Waals surface area contributed by atoms with Crippen LogP contribution in [0, 0.1) is 15.9 Å². The minimum atomic E-state index is -0.910. The summed E-state index contributed by atoms with van der Waals surface area (Å²) in [6.07, 6.45) is -0.910. The third kappa shape index (κ3) is 3.76. The second kappa shape index (κ2) is 6.32. The van der Waals surface area contributed by atoms with Crippen LogP contribution in [0.15, 0.2) is 42.5 Å². The normalized spacial score (nSPS) is 12.0. The standard InChI is InChI=1S/C15H14FNO4/c1-10(18)14-8-13(17(19)20)5-6-15(14)21-9-11-3-2-4-12(16)7-11/h2-8,10,18H,9H2,1H3/t10-/m1/s1. The lowest BCUT2D eigenvalue weighted by Crippen LogP contribution is -2.02. The number of aliphatic hydroxyl groups excluding tert-OH is 1. The lowest BCUT2D eigenvalue weighted by atomic mass is 10.1. The van der Waals surface area contributed by atoms with Crippen LogP contribution in [0.25, 0.3) is 0 Å². The molecule has 1 atom stereocenters. The van der Waals surface area contributed by atoms with Crippen molar-refractivity contribution in [3.8, 4) is 5.75 Å². The van der Waals surface area contributed by atoms with E-state index in [-0.39, 0.29) is 18.1 Å². The maximum atomic E-state index is 13.1. The molecule has 0 amide bonds. The Balaban J connectivity index is 2.21. The molecule has 0 aliphatic rings. The van der Waals surface area contributed by atoms with Crippen LogP contribution < -0.4 is 4.74 Å². The molecule has 0 bridgehead atoms. The highest BCUT2D eigenvalue weighted by molar-refractivity contribution is 5.44. The molecule has 0 spiro atoms. The van der Waals surface area contributed by atoms with Crippen LogP contribution in [0.5, 0.6) is 5.75 Å². The zero-order valence-corrected chi connectivity index (χ0v) is 11.3. The average molecular weight is 291 g/mol. The molecule has 0 saturated heterocycles. The summed E-state index contributed by atoms with van der Waals surface area (Å²) in [4.78, 5) is 10.2. The highest BCUT2D eigenvalue weighted by Crippen LogP contribution is 2.29. The molecular formula is C15H14FNO4. The molecule has 2 aromatic rings. The molecule has 0 aliphatic heterocycles. The fraction of sp³-hybridized carbons (Fsp3) is 0.200. The quantitative estimate of drug-likeness (QED) is 0.677. The molecular weight excluding hydrogens is 277 g/mol. The monoisotopic (exact) mass is 291 g/mol. The summed E-state index contributed by atoms with van der Waals surface area (Å²) < 4.78 is 18.6. The van der Waals surface area contributed by atoms with Gasteiger partial charge >= 0.3 is 0 Å². The number of hydrogen-bond acceptors (Lipinski definition) is 4. The Labute approximate surface area is 120 Å². The fourth-order valence-electron chi connectivity index (χ4n) is 1.90. The van der Waals surface area contributed by atoms with Crippen molar-refractivity contribution in [3.63, 3.8) is 0 Å². The molecule has 0 fully saturated rings. The van der Waals surface area contributed by atoms with E-state index < -0.39 is 11.0 Å². The van der Waals surface area contributed by atoms with Gasteiger partial charge < -0.3 is 9.84 Å². The van der Waals surface area contributed by atoms with Crippen molar-refractivity contribution in [1.29, 1.82) is 0 Å². The number of aliphatic hydroxyl groups is 1. The van der Waals surface area contributed by atoms with E-state index in [1.54, 1.807) is 12.1 Å². The SMILES string of the molecule is C[C@@H](O)c1cc([N+](=O)[O-])ccc1OCc1cccc(F)c1.